The molecule has 1 atom stereocenters. The Morgan fingerprint density at radius 2 is 1.71 bits per heavy atom. The molecular formula is C12H29NO3Si. The van der Waals surface area contributed by atoms with Crippen LogP contribution in [0.2, 0.25) is 6.04 Å². The summed E-state index contributed by atoms with van der Waals surface area (Å²) in [6.45, 7) is 10.5. The summed E-state index contributed by atoms with van der Waals surface area (Å²) in [4.78, 5) is 0. The lowest BCUT2D eigenvalue weighted by Gasteiger charge is -2.31. The van der Waals surface area contributed by atoms with Crippen molar-refractivity contribution in [3.63, 3.8) is 0 Å². The smallest absolute Gasteiger partial charge is 0.374 e. The van der Waals surface area contributed by atoms with Crippen molar-refractivity contribution in [1.29, 1.82) is 0 Å². The number of hydrogen-bond donors (Lipinski definition) is 1. The normalized spacial score (nSPS) is 13.9. The van der Waals surface area contributed by atoms with Gasteiger partial charge in [0.25, 0.3) is 0 Å². The first-order valence-electron chi connectivity index (χ1n) is 6.74. The quantitative estimate of drug-likeness (QED) is 0.459. The fourth-order valence-corrected chi connectivity index (χ4v) is 4.52. The molecule has 0 amide bonds. The van der Waals surface area contributed by atoms with E-state index in [9.17, 15) is 0 Å². The van der Waals surface area contributed by atoms with Crippen molar-refractivity contribution in [2.45, 2.75) is 52.7 Å². The molecule has 0 aromatic carbocycles. The zero-order chi connectivity index (χ0) is 13.1. The predicted octanol–water partition coefficient (Wildman–Crippen LogP) is 2.42. The Labute approximate surface area is 107 Å². The van der Waals surface area contributed by atoms with Gasteiger partial charge in [-0.25, -0.2) is 0 Å². The Hall–Kier alpha value is 0.0569. The van der Waals surface area contributed by atoms with Gasteiger partial charge in [-0.15, -0.1) is 0 Å². The third-order valence-corrected chi connectivity index (χ3v) is 5.78. The molecular weight excluding hydrogens is 234 g/mol. The van der Waals surface area contributed by atoms with Gasteiger partial charge in [-0.2, -0.15) is 0 Å². The zero-order valence-electron chi connectivity index (χ0n) is 12.0. The van der Waals surface area contributed by atoms with Gasteiger partial charge in [-0.05, 0) is 47.2 Å². The molecule has 0 bridgehead atoms. The summed E-state index contributed by atoms with van der Waals surface area (Å²) in [7, 11) is -0.498. The standard InChI is InChI=1S/C12H29NO3Si/c1-6-12(4)16-17(14-7-2,15-8-3)11-9-10-13-5/h12-13H,6-11H2,1-5H3. The third-order valence-electron chi connectivity index (χ3n) is 2.59. The molecule has 0 aliphatic rings. The summed E-state index contributed by atoms with van der Waals surface area (Å²) < 4.78 is 17.8. The maximum atomic E-state index is 6.08. The van der Waals surface area contributed by atoms with E-state index in [0.717, 1.165) is 25.4 Å². The van der Waals surface area contributed by atoms with Crippen LogP contribution in [-0.2, 0) is 13.3 Å². The van der Waals surface area contributed by atoms with Gasteiger partial charge in [0, 0.05) is 25.4 Å². The molecule has 0 fully saturated rings. The molecule has 0 radical (unpaired) electrons. The van der Waals surface area contributed by atoms with Gasteiger partial charge in [0.05, 0.1) is 0 Å². The molecule has 0 spiro atoms. The Kier molecular flexibility index (Phi) is 10.1. The first-order valence-corrected chi connectivity index (χ1v) is 8.67. The Bertz CT molecular complexity index is 175. The Morgan fingerprint density at radius 1 is 1.12 bits per heavy atom. The van der Waals surface area contributed by atoms with Crippen molar-refractivity contribution in [3.05, 3.63) is 0 Å². The van der Waals surface area contributed by atoms with Gasteiger partial charge in [0.15, 0.2) is 0 Å². The molecule has 0 saturated carbocycles. The largest absolute Gasteiger partial charge is 0.501 e. The summed E-state index contributed by atoms with van der Waals surface area (Å²) in [5.74, 6) is 0. The maximum absolute atomic E-state index is 6.08. The Balaban J connectivity index is 4.46. The van der Waals surface area contributed by atoms with Crippen molar-refractivity contribution in [1.82, 2.24) is 5.32 Å². The highest BCUT2D eigenvalue weighted by atomic mass is 28.4. The van der Waals surface area contributed by atoms with Gasteiger partial charge >= 0.3 is 8.80 Å². The highest BCUT2D eigenvalue weighted by Crippen LogP contribution is 2.20. The summed E-state index contributed by atoms with van der Waals surface area (Å²) in [5.41, 5.74) is 0. The number of hydrogen-bond acceptors (Lipinski definition) is 4. The van der Waals surface area contributed by atoms with Gasteiger partial charge in [0.2, 0.25) is 0 Å². The van der Waals surface area contributed by atoms with E-state index in [-0.39, 0.29) is 6.10 Å². The van der Waals surface area contributed by atoms with E-state index >= 15 is 0 Å². The van der Waals surface area contributed by atoms with Crippen LogP contribution in [0.1, 0.15) is 40.5 Å². The van der Waals surface area contributed by atoms with Gasteiger partial charge in [-0.1, -0.05) is 6.92 Å². The molecule has 0 rings (SSSR count). The van der Waals surface area contributed by atoms with E-state index in [1.165, 1.54) is 0 Å². The van der Waals surface area contributed by atoms with Crippen LogP contribution < -0.4 is 5.32 Å². The van der Waals surface area contributed by atoms with Gasteiger partial charge in [-0.3, -0.25) is 0 Å². The molecule has 4 nitrogen and oxygen atoms in total. The highest BCUT2D eigenvalue weighted by Gasteiger charge is 2.41. The molecule has 0 aromatic heterocycles. The second-order valence-electron chi connectivity index (χ2n) is 4.09. The van der Waals surface area contributed by atoms with Crippen LogP contribution in [0.4, 0.5) is 0 Å². The molecule has 0 aromatic rings. The minimum atomic E-state index is -2.46. The lowest BCUT2D eigenvalue weighted by Crippen LogP contribution is -2.48. The lowest BCUT2D eigenvalue weighted by atomic mass is 10.3. The summed E-state index contributed by atoms with van der Waals surface area (Å²) in [5, 5.41) is 3.15. The fraction of sp³-hybridized carbons (Fsp3) is 1.00. The SMILES string of the molecule is CCO[Si](CCCNC)(OCC)OC(C)CC. The third kappa shape index (κ3) is 7.16. The molecule has 1 N–H and O–H groups in total. The van der Waals surface area contributed by atoms with Gasteiger partial charge in [0.1, 0.15) is 0 Å². The van der Waals surface area contributed by atoms with E-state index in [2.05, 4.69) is 19.2 Å². The van der Waals surface area contributed by atoms with Gasteiger partial charge < -0.3 is 18.6 Å². The molecule has 0 aliphatic heterocycles. The van der Waals surface area contributed by atoms with Crippen molar-refractivity contribution in [2.75, 3.05) is 26.8 Å². The molecule has 0 saturated heterocycles. The van der Waals surface area contributed by atoms with E-state index in [1.807, 2.05) is 20.9 Å². The van der Waals surface area contributed by atoms with E-state index in [0.29, 0.717) is 13.2 Å². The van der Waals surface area contributed by atoms with Crippen LogP contribution in [0.25, 0.3) is 0 Å². The predicted molar refractivity (Wildman–Crippen MR) is 73.2 cm³/mol. The highest BCUT2D eigenvalue weighted by molar-refractivity contribution is 6.60. The first-order chi connectivity index (χ1) is 8.14. The number of rotatable bonds is 11. The summed E-state index contributed by atoms with van der Waals surface area (Å²) >= 11 is 0. The zero-order valence-corrected chi connectivity index (χ0v) is 13.0. The van der Waals surface area contributed by atoms with E-state index in [4.69, 9.17) is 13.3 Å². The molecule has 1 unspecified atom stereocenters. The maximum Gasteiger partial charge on any atom is 0.501 e. The molecule has 104 valence electrons. The summed E-state index contributed by atoms with van der Waals surface area (Å²) in [6, 6.07) is 0.889. The monoisotopic (exact) mass is 263 g/mol. The molecule has 0 aliphatic carbocycles. The fourth-order valence-electron chi connectivity index (χ4n) is 1.62. The topological polar surface area (TPSA) is 39.7 Å². The van der Waals surface area contributed by atoms with Crippen LogP contribution in [0.15, 0.2) is 0 Å². The molecule has 17 heavy (non-hydrogen) atoms. The second-order valence-corrected chi connectivity index (χ2v) is 6.77. The number of nitrogens with one attached hydrogen (secondary N) is 1. The van der Waals surface area contributed by atoms with Crippen molar-refractivity contribution >= 4 is 8.80 Å². The van der Waals surface area contributed by atoms with Crippen molar-refractivity contribution < 1.29 is 13.3 Å². The Morgan fingerprint density at radius 3 is 2.12 bits per heavy atom. The van der Waals surface area contributed by atoms with Crippen LogP contribution in [0, 0.1) is 0 Å². The minimum Gasteiger partial charge on any atom is -0.374 e. The van der Waals surface area contributed by atoms with Crippen molar-refractivity contribution in [2.24, 2.45) is 0 Å². The lowest BCUT2D eigenvalue weighted by molar-refractivity contribution is 0.0368. The van der Waals surface area contributed by atoms with Crippen LogP contribution >= 0.6 is 0 Å². The molecule has 0 heterocycles. The molecule has 5 heteroatoms. The minimum absolute atomic E-state index is 0.203. The average molecular weight is 263 g/mol. The summed E-state index contributed by atoms with van der Waals surface area (Å²) in [6.07, 6.45) is 2.22. The van der Waals surface area contributed by atoms with Crippen LogP contribution in [-0.4, -0.2) is 41.7 Å². The van der Waals surface area contributed by atoms with Crippen molar-refractivity contribution in [3.8, 4) is 0 Å². The van der Waals surface area contributed by atoms with Crippen LogP contribution in [0.3, 0.4) is 0 Å². The second kappa shape index (κ2) is 10.0. The first kappa shape index (κ1) is 17.1. The van der Waals surface area contributed by atoms with E-state index in [1.54, 1.807) is 0 Å². The average Bonchev–Trinajstić information content (AvgIpc) is 2.30. The van der Waals surface area contributed by atoms with Crippen LogP contribution in [0.5, 0.6) is 0 Å². The van der Waals surface area contributed by atoms with E-state index < -0.39 is 8.80 Å².